The average molecular weight is 296 g/mol. The number of thioether (sulfide) groups is 1. The number of thiazole rings is 1. The van der Waals surface area contributed by atoms with E-state index in [1.54, 1.807) is 11.3 Å². The van der Waals surface area contributed by atoms with Gasteiger partial charge in [0.2, 0.25) is 5.89 Å². The predicted molar refractivity (Wildman–Crippen MR) is 76.9 cm³/mol. The van der Waals surface area contributed by atoms with E-state index in [9.17, 15) is 0 Å². The summed E-state index contributed by atoms with van der Waals surface area (Å²) in [5.74, 6) is 3.96. The molecule has 0 radical (unpaired) electrons. The summed E-state index contributed by atoms with van der Waals surface area (Å²) in [6, 6.07) is 0.430. The van der Waals surface area contributed by atoms with Crippen LogP contribution in [-0.2, 0) is 6.42 Å². The van der Waals surface area contributed by atoms with Crippen LogP contribution < -0.4 is 5.32 Å². The maximum absolute atomic E-state index is 5.42. The van der Waals surface area contributed by atoms with Crippen molar-refractivity contribution in [2.75, 3.05) is 18.6 Å². The molecular weight excluding hydrogens is 280 g/mol. The molecular formula is C12H16N4OS2. The Morgan fingerprint density at radius 2 is 2.32 bits per heavy atom. The first-order chi connectivity index (χ1) is 9.26. The fourth-order valence-corrected chi connectivity index (χ4v) is 4.25. The molecule has 3 heterocycles. The van der Waals surface area contributed by atoms with Crippen molar-refractivity contribution < 1.29 is 4.52 Å². The van der Waals surface area contributed by atoms with Crippen molar-refractivity contribution in [1.82, 2.24) is 20.4 Å². The second-order valence-corrected chi connectivity index (χ2v) is 6.76. The van der Waals surface area contributed by atoms with Crippen LogP contribution in [0.3, 0.4) is 0 Å². The van der Waals surface area contributed by atoms with Crippen LogP contribution in [0.25, 0.3) is 0 Å². The van der Waals surface area contributed by atoms with Gasteiger partial charge in [-0.25, -0.2) is 4.98 Å². The fraction of sp³-hybridized carbons (Fsp3) is 0.583. The zero-order valence-electron chi connectivity index (χ0n) is 10.9. The highest BCUT2D eigenvalue weighted by Gasteiger charge is 2.32. The second kappa shape index (κ2) is 5.60. The van der Waals surface area contributed by atoms with E-state index in [0.717, 1.165) is 33.9 Å². The normalized spacial score (nSPS) is 23.1. The molecule has 0 spiro atoms. The van der Waals surface area contributed by atoms with Crippen LogP contribution >= 0.6 is 23.1 Å². The van der Waals surface area contributed by atoms with Crippen LogP contribution in [0.2, 0.25) is 0 Å². The third kappa shape index (κ3) is 2.82. The molecule has 0 saturated carbocycles. The Morgan fingerprint density at radius 3 is 3.05 bits per heavy atom. The van der Waals surface area contributed by atoms with Gasteiger partial charge in [0.05, 0.1) is 23.0 Å². The average Bonchev–Trinajstić information content (AvgIpc) is 3.10. The molecule has 0 bridgehead atoms. The minimum atomic E-state index is 0.327. The summed E-state index contributed by atoms with van der Waals surface area (Å²) in [6.45, 7) is 2.00. The lowest BCUT2D eigenvalue weighted by Crippen LogP contribution is -2.31. The molecule has 2 aromatic rings. The zero-order chi connectivity index (χ0) is 13.2. The van der Waals surface area contributed by atoms with Gasteiger partial charge in [0.15, 0.2) is 5.82 Å². The number of likely N-dealkylation sites (N-methyl/N-ethyl adjacent to an activating group) is 1. The number of nitrogens with one attached hydrogen (secondary N) is 1. The number of nitrogens with zero attached hydrogens (tertiary/aromatic N) is 3. The van der Waals surface area contributed by atoms with Crippen LogP contribution in [-0.4, -0.2) is 39.7 Å². The van der Waals surface area contributed by atoms with E-state index in [4.69, 9.17) is 4.52 Å². The highest BCUT2D eigenvalue weighted by molar-refractivity contribution is 7.99. The van der Waals surface area contributed by atoms with Crippen molar-refractivity contribution in [3.8, 4) is 0 Å². The maximum atomic E-state index is 5.42. The highest BCUT2D eigenvalue weighted by atomic mass is 32.2. The lowest BCUT2D eigenvalue weighted by atomic mass is 10.0. The number of hydrogen-bond donors (Lipinski definition) is 1. The second-order valence-electron chi connectivity index (χ2n) is 4.62. The van der Waals surface area contributed by atoms with Crippen molar-refractivity contribution in [3.05, 3.63) is 27.8 Å². The SMILES string of the molecule is CNC1CSCC1c1nc(Cc2csc(C)n2)no1. The Morgan fingerprint density at radius 1 is 1.42 bits per heavy atom. The van der Waals surface area contributed by atoms with Gasteiger partial charge in [-0.2, -0.15) is 16.7 Å². The number of rotatable bonds is 4. The maximum Gasteiger partial charge on any atom is 0.232 e. The molecule has 2 aromatic heterocycles. The van der Waals surface area contributed by atoms with E-state index < -0.39 is 0 Å². The molecule has 1 aliphatic rings. The van der Waals surface area contributed by atoms with Crippen LogP contribution in [0.5, 0.6) is 0 Å². The lowest BCUT2D eigenvalue weighted by Gasteiger charge is -2.13. The summed E-state index contributed by atoms with van der Waals surface area (Å²) in [4.78, 5) is 8.95. The van der Waals surface area contributed by atoms with E-state index in [1.807, 2.05) is 31.1 Å². The molecule has 102 valence electrons. The summed E-state index contributed by atoms with van der Waals surface area (Å²) >= 11 is 3.57. The Hall–Kier alpha value is -0.920. The smallest absolute Gasteiger partial charge is 0.232 e. The standard InChI is InChI=1S/C12H16N4OS2/c1-7-14-8(4-19-7)3-11-15-12(17-16-11)9-5-18-6-10(9)13-2/h4,9-10,13H,3,5-6H2,1-2H3. The van der Waals surface area contributed by atoms with Gasteiger partial charge in [0.25, 0.3) is 0 Å². The van der Waals surface area contributed by atoms with E-state index in [2.05, 4.69) is 20.4 Å². The van der Waals surface area contributed by atoms with Crippen molar-refractivity contribution >= 4 is 23.1 Å². The van der Waals surface area contributed by atoms with Crippen LogP contribution in [0.15, 0.2) is 9.90 Å². The number of aromatic nitrogens is 3. The van der Waals surface area contributed by atoms with E-state index >= 15 is 0 Å². The molecule has 0 amide bonds. The Labute approximate surface area is 120 Å². The summed E-state index contributed by atoms with van der Waals surface area (Å²) in [5.41, 5.74) is 1.01. The Bertz CT molecular complexity index is 553. The van der Waals surface area contributed by atoms with Gasteiger partial charge in [0, 0.05) is 22.9 Å². The molecule has 5 nitrogen and oxygen atoms in total. The molecule has 1 aliphatic heterocycles. The van der Waals surface area contributed by atoms with Gasteiger partial charge in [0.1, 0.15) is 0 Å². The monoisotopic (exact) mass is 296 g/mol. The zero-order valence-corrected chi connectivity index (χ0v) is 12.6. The third-order valence-electron chi connectivity index (χ3n) is 3.26. The quantitative estimate of drug-likeness (QED) is 0.929. The Balaban J connectivity index is 1.72. The molecule has 19 heavy (non-hydrogen) atoms. The van der Waals surface area contributed by atoms with Crippen LogP contribution in [0.4, 0.5) is 0 Å². The molecule has 1 fully saturated rings. The van der Waals surface area contributed by atoms with Gasteiger partial charge in [-0.3, -0.25) is 0 Å². The molecule has 0 aromatic carbocycles. The van der Waals surface area contributed by atoms with Crippen molar-refractivity contribution in [1.29, 1.82) is 0 Å². The molecule has 2 atom stereocenters. The van der Waals surface area contributed by atoms with Crippen molar-refractivity contribution in [3.63, 3.8) is 0 Å². The molecule has 2 unspecified atom stereocenters. The summed E-state index contributed by atoms with van der Waals surface area (Å²) in [7, 11) is 1.99. The first-order valence-corrected chi connectivity index (χ1v) is 8.28. The highest BCUT2D eigenvalue weighted by Crippen LogP contribution is 2.31. The minimum absolute atomic E-state index is 0.327. The van der Waals surface area contributed by atoms with Gasteiger partial charge >= 0.3 is 0 Å². The van der Waals surface area contributed by atoms with Gasteiger partial charge in [-0.1, -0.05) is 5.16 Å². The summed E-state index contributed by atoms with van der Waals surface area (Å²) < 4.78 is 5.42. The molecule has 3 rings (SSSR count). The van der Waals surface area contributed by atoms with E-state index in [-0.39, 0.29) is 0 Å². The number of hydrogen-bond acceptors (Lipinski definition) is 7. The topological polar surface area (TPSA) is 63.8 Å². The minimum Gasteiger partial charge on any atom is -0.339 e. The third-order valence-corrected chi connectivity index (χ3v) is 5.27. The van der Waals surface area contributed by atoms with Gasteiger partial charge in [-0.05, 0) is 14.0 Å². The molecule has 0 aliphatic carbocycles. The van der Waals surface area contributed by atoms with E-state index in [0.29, 0.717) is 18.4 Å². The largest absolute Gasteiger partial charge is 0.339 e. The van der Waals surface area contributed by atoms with E-state index in [1.165, 1.54) is 0 Å². The fourth-order valence-electron chi connectivity index (χ4n) is 2.22. The molecule has 1 saturated heterocycles. The van der Waals surface area contributed by atoms with Gasteiger partial charge in [-0.15, -0.1) is 11.3 Å². The first-order valence-electron chi connectivity index (χ1n) is 6.24. The lowest BCUT2D eigenvalue weighted by molar-refractivity contribution is 0.340. The number of aryl methyl sites for hydroxylation is 1. The summed E-state index contributed by atoms with van der Waals surface area (Å²) in [5, 5.41) is 10.5. The predicted octanol–water partition coefficient (Wildman–Crippen LogP) is 1.84. The van der Waals surface area contributed by atoms with Crippen LogP contribution in [0.1, 0.15) is 28.3 Å². The summed E-state index contributed by atoms with van der Waals surface area (Å²) in [6.07, 6.45) is 0.651. The Kier molecular flexibility index (Phi) is 3.86. The van der Waals surface area contributed by atoms with Gasteiger partial charge < -0.3 is 9.84 Å². The molecule has 7 heteroatoms. The van der Waals surface area contributed by atoms with Crippen molar-refractivity contribution in [2.45, 2.75) is 25.3 Å². The van der Waals surface area contributed by atoms with Crippen molar-refractivity contribution in [2.24, 2.45) is 0 Å². The first kappa shape index (κ1) is 13.1. The van der Waals surface area contributed by atoms with Crippen LogP contribution in [0, 0.1) is 6.92 Å². The molecule has 1 N–H and O–H groups in total.